The molecule has 2 aromatic heterocycles. The Kier molecular flexibility index (Phi) is 4.25. The Morgan fingerprint density at radius 1 is 1.15 bits per heavy atom. The van der Waals surface area contributed by atoms with Crippen LogP contribution in [-0.4, -0.2) is 21.8 Å². The number of aromatic nitrogens is 2. The zero-order valence-corrected chi connectivity index (χ0v) is 14.2. The van der Waals surface area contributed by atoms with Gasteiger partial charge in [0.05, 0.1) is 5.56 Å². The molecule has 1 aliphatic rings. The fourth-order valence-electron chi connectivity index (χ4n) is 3.18. The van der Waals surface area contributed by atoms with Crippen molar-refractivity contribution in [3.05, 3.63) is 88.1 Å². The van der Waals surface area contributed by atoms with Crippen molar-refractivity contribution in [1.29, 1.82) is 0 Å². The van der Waals surface area contributed by atoms with Gasteiger partial charge < -0.3 is 15.6 Å². The number of amides is 2. The molecule has 3 N–H and O–H groups in total. The number of H-pyrrole nitrogens is 1. The van der Waals surface area contributed by atoms with Crippen molar-refractivity contribution in [3.8, 4) is 0 Å². The maximum atomic E-state index is 12.3. The lowest BCUT2D eigenvalue weighted by molar-refractivity contribution is -0.116. The summed E-state index contributed by atoms with van der Waals surface area (Å²) in [5.74, 6) is -0.550. The SMILES string of the molecule is O=C1CC(c2ccc(=O)[nH]c2)c2ccc(NC(=O)c3cccnc3)cc2N1. The first-order valence-electron chi connectivity index (χ1n) is 8.44. The number of nitrogens with one attached hydrogen (secondary N) is 3. The molecule has 27 heavy (non-hydrogen) atoms. The van der Waals surface area contributed by atoms with Crippen LogP contribution in [0.25, 0.3) is 0 Å². The molecule has 0 spiro atoms. The van der Waals surface area contributed by atoms with Crippen molar-refractivity contribution in [2.45, 2.75) is 12.3 Å². The number of hydrogen-bond acceptors (Lipinski definition) is 4. The van der Waals surface area contributed by atoms with Crippen LogP contribution in [-0.2, 0) is 4.79 Å². The molecule has 7 heteroatoms. The van der Waals surface area contributed by atoms with Gasteiger partial charge in [0.1, 0.15) is 0 Å². The number of hydrogen-bond donors (Lipinski definition) is 3. The lowest BCUT2D eigenvalue weighted by Crippen LogP contribution is -2.24. The first-order chi connectivity index (χ1) is 13.1. The molecule has 0 radical (unpaired) electrons. The van der Waals surface area contributed by atoms with Crippen LogP contribution < -0.4 is 16.2 Å². The molecule has 0 saturated carbocycles. The molecule has 0 aliphatic carbocycles. The van der Waals surface area contributed by atoms with Gasteiger partial charge in [-0.05, 0) is 35.4 Å². The van der Waals surface area contributed by atoms with E-state index in [1.54, 1.807) is 42.7 Å². The highest BCUT2D eigenvalue weighted by atomic mass is 16.2. The van der Waals surface area contributed by atoms with Crippen molar-refractivity contribution in [3.63, 3.8) is 0 Å². The minimum atomic E-state index is -0.276. The lowest BCUT2D eigenvalue weighted by atomic mass is 9.85. The topological polar surface area (TPSA) is 104 Å². The van der Waals surface area contributed by atoms with Gasteiger partial charge in [-0.1, -0.05) is 12.1 Å². The molecular weight excluding hydrogens is 344 g/mol. The quantitative estimate of drug-likeness (QED) is 0.667. The molecule has 3 aromatic rings. The first kappa shape index (κ1) is 16.7. The number of carbonyl (C=O) groups is 2. The Balaban J connectivity index is 1.63. The highest BCUT2D eigenvalue weighted by Crippen LogP contribution is 2.37. The van der Waals surface area contributed by atoms with E-state index in [2.05, 4.69) is 20.6 Å². The fraction of sp³-hybridized carbons (Fsp3) is 0.100. The summed E-state index contributed by atoms with van der Waals surface area (Å²) in [5.41, 5.74) is 3.27. The number of carbonyl (C=O) groups excluding carboxylic acids is 2. The average Bonchev–Trinajstić information content (AvgIpc) is 2.68. The van der Waals surface area contributed by atoms with Crippen molar-refractivity contribution >= 4 is 23.2 Å². The van der Waals surface area contributed by atoms with E-state index in [1.165, 1.54) is 12.3 Å². The summed E-state index contributed by atoms with van der Waals surface area (Å²) < 4.78 is 0. The second-order valence-electron chi connectivity index (χ2n) is 6.29. The summed E-state index contributed by atoms with van der Waals surface area (Å²) in [5, 5.41) is 5.66. The fourth-order valence-corrected chi connectivity index (χ4v) is 3.18. The zero-order chi connectivity index (χ0) is 18.8. The van der Waals surface area contributed by atoms with Gasteiger partial charge in [-0.25, -0.2) is 0 Å². The van der Waals surface area contributed by atoms with Gasteiger partial charge in [0.15, 0.2) is 0 Å². The summed E-state index contributed by atoms with van der Waals surface area (Å²) in [6.07, 6.45) is 5.01. The molecule has 0 saturated heterocycles. The monoisotopic (exact) mass is 360 g/mol. The number of pyridine rings is 2. The van der Waals surface area contributed by atoms with E-state index in [-0.39, 0.29) is 23.3 Å². The van der Waals surface area contributed by atoms with Crippen LogP contribution >= 0.6 is 0 Å². The smallest absolute Gasteiger partial charge is 0.257 e. The van der Waals surface area contributed by atoms with E-state index in [0.29, 0.717) is 23.4 Å². The van der Waals surface area contributed by atoms with Crippen LogP contribution in [0.5, 0.6) is 0 Å². The zero-order valence-electron chi connectivity index (χ0n) is 14.2. The van der Waals surface area contributed by atoms with Crippen LogP contribution in [0.1, 0.15) is 33.8 Å². The average molecular weight is 360 g/mol. The Bertz CT molecular complexity index is 1060. The van der Waals surface area contributed by atoms with E-state index in [0.717, 1.165) is 11.1 Å². The molecule has 3 heterocycles. The minimum absolute atomic E-state index is 0.116. The molecule has 1 atom stereocenters. The number of anilines is 2. The van der Waals surface area contributed by atoms with Gasteiger partial charge >= 0.3 is 0 Å². The van der Waals surface area contributed by atoms with Gasteiger partial charge in [-0.2, -0.15) is 0 Å². The van der Waals surface area contributed by atoms with Gasteiger partial charge in [-0.15, -0.1) is 0 Å². The van der Waals surface area contributed by atoms with E-state index >= 15 is 0 Å². The maximum Gasteiger partial charge on any atom is 0.257 e. The van der Waals surface area contributed by atoms with Crippen molar-refractivity contribution in [2.24, 2.45) is 0 Å². The van der Waals surface area contributed by atoms with Crippen molar-refractivity contribution < 1.29 is 9.59 Å². The maximum absolute atomic E-state index is 12.3. The highest BCUT2D eigenvalue weighted by Gasteiger charge is 2.27. The normalized spacial score (nSPS) is 15.6. The van der Waals surface area contributed by atoms with Gasteiger partial charge in [-0.3, -0.25) is 19.4 Å². The predicted molar refractivity (Wildman–Crippen MR) is 101 cm³/mol. The number of aromatic amines is 1. The van der Waals surface area contributed by atoms with Crippen LogP contribution in [0.4, 0.5) is 11.4 Å². The molecule has 0 bridgehead atoms. The second-order valence-corrected chi connectivity index (χ2v) is 6.29. The summed E-state index contributed by atoms with van der Waals surface area (Å²) >= 11 is 0. The van der Waals surface area contributed by atoms with Crippen LogP contribution in [0.2, 0.25) is 0 Å². The molecule has 1 unspecified atom stereocenters. The van der Waals surface area contributed by atoms with Crippen LogP contribution in [0.15, 0.2) is 65.8 Å². The van der Waals surface area contributed by atoms with E-state index < -0.39 is 0 Å². The third kappa shape index (κ3) is 3.48. The van der Waals surface area contributed by atoms with Gasteiger partial charge in [0.25, 0.3) is 5.91 Å². The minimum Gasteiger partial charge on any atom is -0.329 e. The van der Waals surface area contributed by atoms with E-state index in [9.17, 15) is 14.4 Å². The van der Waals surface area contributed by atoms with E-state index in [1.807, 2.05) is 6.07 Å². The molecule has 1 aromatic carbocycles. The summed E-state index contributed by atoms with van der Waals surface area (Å²) in [4.78, 5) is 42.3. The predicted octanol–water partition coefficient (Wildman–Crippen LogP) is 2.50. The molecule has 134 valence electrons. The highest BCUT2D eigenvalue weighted by molar-refractivity contribution is 6.05. The van der Waals surface area contributed by atoms with Gasteiger partial charge in [0, 0.05) is 48.4 Å². The third-order valence-electron chi connectivity index (χ3n) is 4.48. The molecule has 0 fully saturated rings. The summed E-state index contributed by atoms with van der Waals surface area (Å²) in [6.45, 7) is 0. The Morgan fingerprint density at radius 2 is 2.04 bits per heavy atom. The number of nitrogens with zero attached hydrogens (tertiary/aromatic N) is 1. The largest absolute Gasteiger partial charge is 0.329 e. The van der Waals surface area contributed by atoms with Crippen LogP contribution in [0.3, 0.4) is 0 Å². The van der Waals surface area contributed by atoms with Gasteiger partial charge in [0.2, 0.25) is 11.5 Å². The number of benzene rings is 1. The Morgan fingerprint density at radius 3 is 2.78 bits per heavy atom. The van der Waals surface area contributed by atoms with Crippen LogP contribution in [0, 0.1) is 0 Å². The third-order valence-corrected chi connectivity index (χ3v) is 4.48. The molecule has 7 nitrogen and oxygen atoms in total. The number of rotatable bonds is 3. The Labute approximate surface area is 154 Å². The summed E-state index contributed by atoms with van der Waals surface area (Å²) in [6, 6.07) is 11.9. The Hall–Kier alpha value is -3.74. The molecule has 4 rings (SSSR count). The van der Waals surface area contributed by atoms with E-state index in [4.69, 9.17) is 0 Å². The molecular formula is C20H16N4O3. The number of fused-ring (bicyclic) bond motifs is 1. The molecule has 1 aliphatic heterocycles. The molecule has 2 amide bonds. The summed E-state index contributed by atoms with van der Waals surface area (Å²) in [7, 11) is 0. The van der Waals surface area contributed by atoms with Crippen molar-refractivity contribution in [2.75, 3.05) is 10.6 Å². The standard InChI is InChI=1S/C20H16N4O3/c25-18-6-3-12(11-22-18)16-9-19(26)24-17-8-14(4-5-15(16)17)23-20(27)13-2-1-7-21-10-13/h1-8,10-11,16H,9H2,(H,22,25)(H,23,27)(H,24,26). The first-order valence-corrected chi connectivity index (χ1v) is 8.44. The van der Waals surface area contributed by atoms with Crippen molar-refractivity contribution in [1.82, 2.24) is 9.97 Å². The lowest BCUT2D eigenvalue weighted by Gasteiger charge is -2.26. The second kappa shape index (κ2) is 6.87.